The summed E-state index contributed by atoms with van der Waals surface area (Å²) in [6.45, 7) is 2.75. The molecule has 1 amide bonds. The molecule has 5 nitrogen and oxygen atoms in total. The Bertz CT molecular complexity index is 1450. The summed E-state index contributed by atoms with van der Waals surface area (Å²) in [7, 11) is 2.19. The molecule has 0 aliphatic carbocycles. The van der Waals surface area contributed by atoms with Crippen molar-refractivity contribution in [1.29, 1.82) is 0 Å². The number of nitrogens with one attached hydrogen (secondary N) is 1. The minimum Gasteiger partial charge on any atom is -0.335 e. The van der Waals surface area contributed by atoms with Crippen molar-refractivity contribution in [2.24, 2.45) is 0 Å². The fourth-order valence-corrected chi connectivity index (χ4v) is 5.45. The molecule has 2 aliphatic heterocycles. The van der Waals surface area contributed by atoms with Crippen LogP contribution in [0.25, 0.3) is 22.0 Å². The van der Waals surface area contributed by atoms with Crippen molar-refractivity contribution in [3.63, 3.8) is 0 Å². The number of aromatic amines is 1. The molecule has 1 N–H and O–H groups in total. The number of aromatic nitrogens is 2. The summed E-state index contributed by atoms with van der Waals surface area (Å²) in [4.78, 5) is 17.7. The number of likely N-dealkylation sites (tertiary alicyclic amines) is 2. The van der Waals surface area contributed by atoms with Gasteiger partial charge in [0, 0.05) is 29.6 Å². The first-order chi connectivity index (χ1) is 17.1. The molecular formula is C30H28N4O. The maximum absolute atomic E-state index is 13.3. The summed E-state index contributed by atoms with van der Waals surface area (Å²) >= 11 is 0. The van der Waals surface area contributed by atoms with Crippen molar-refractivity contribution >= 4 is 16.8 Å². The van der Waals surface area contributed by atoms with Gasteiger partial charge in [-0.05, 0) is 67.7 Å². The number of hydrogen-bond acceptors (Lipinski definition) is 3. The Kier molecular flexibility index (Phi) is 5.39. The lowest BCUT2D eigenvalue weighted by Crippen LogP contribution is -2.71. The van der Waals surface area contributed by atoms with Crippen molar-refractivity contribution < 1.29 is 4.79 Å². The summed E-state index contributed by atoms with van der Waals surface area (Å²) in [5.74, 6) is 6.65. The van der Waals surface area contributed by atoms with E-state index in [0.29, 0.717) is 11.3 Å². The largest absolute Gasteiger partial charge is 0.335 e. The molecule has 35 heavy (non-hydrogen) atoms. The molecule has 0 radical (unpaired) electrons. The smallest absolute Gasteiger partial charge is 0.254 e. The van der Waals surface area contributed by atoms with Gasteiger partial charge in [-0.3, -0.25) is 14.8 Å². The average molecular weight is 461 g/mol. The van der Waals surface area contributed by atoms with Crippen LogP contribution in [-0.2, 0) is 0 Å². The van der Waals surface area contributed by atoms with Gasteiger partial charge >= 0.3 is 0 Å². The summed E-state index contributed by atoms with van der Waals surface area (Å²) in [6, 6.07) is 24.2. The van der Waals surface area contributed by atoms with Crippen LogP contribution in [0.2, 0.25) is 0 Å². The molecule has 1 aromatic heterocycles. The number of likely N-dealkylation sites (N-methyl/N-ethyl adjacent to an activating group) is 1. The van der Waals surface area contributed by atoms with Crippen molar-refractivity contribution in [3.05, 3.63) is 89.6 Å². The van der Waals surface area contributed by atoms with Gasteiger partial charge in [0.15, 0.2) is 0 Å². The van der Waals surface area contributed by atoms with Gasteiger partial charge in [0.05, 0.1) is 11.1 Å². The van der Waals surface area contributed by atoms with Gasteiger partial charge in [-0.15, -0.1) is 0 Å². The van der Waals surface area contributed by atoms with Gasteiger partial charge in [-0.1, -0.05) is 60.9 Å². The molecule has 2 aliphatic rings. The van der Waals surface area contributed by atoms with Crippen molar-refractivity contribution in [1.82, 2.24) is 20.0 Å². The average Bonchev–Trinajstić information content (AvgIpc) is 3.29. The van der Waals surface area contributed by atoms with E-state index >= 15 is 0 Å². The van der Waals surface area contributed by atoms with Crippen molar-refractivity contribution in [2.45, 2.75) is 24.8 Å². The summed E-state index contributed by atoms with van der Waals surface area (Å²) in [5.41, 5.74) is 5.59. The monoisotopic (exact) mass is 460 g/mol. The Hall–Kier alpha value is -3.88. The number of H-pyrrole nitrogens is 1. The lowest BCUT2D eigenvalue weighted by atomic mass is 9.80. The molecular weight excluding hydrogens is 432 g/mol. The molecule has 0 atom stereocenters. The van der Waals surface area contributed by atoms with Crippen LogP contribution in [0.15, 0.2) is 72.8 Å². The molecule has 3 heterocycles. The maximum atomic E-state index is 13.3. The molecule has 174 valence electrons. The first-order valence-corrected chi connectivity index (χ1v) is 12.3. The van der Waals surface area contributed by atoms with E-state index in [1.165, 1.54) is 19.3 Å². The van der Waals surface area contributed by atoms with Crippen LogP contribution in [0.3, 0.4) is 0 Å². The van der Waals surface area contributed by atoms with Crippen molar-refractivity contribution in [2.75, 3.05) is 26.7 Å². The Morgan fingerprint density at radius 1 is 0.971 bits per heavy atom. The Balaban J connectivity index is 1.27. The molecule has 2 fully saturated rings. The molecule has 2 saturated heterocycles. The topological polar surface area (TPSA) is 52.2 Å². The van der Waals surface area contributed by atoms with E-state index in [9.17, 15) is 4.79 Å². The number of rotatable bonds is 2. The fraction of sp³-hybridized carbons (Fsp3) is 0.267. The lowest BCUT2D eigenvalue weighted by Gasteiger charge is -2.57. The molecule has 0 unspecified atom stereocenters. The van der Waals surface area contributed by atoms with Crippen LogP contribution in [0.5, 0.6) is 0 Å². The molecule has 0 bridgehead atoms. The van der Waals surface area contributed by atoms with Gasteiger partial charge in [0.1, 0.15) is 5.69 Å². The number of benzene rings is 3. The number of carbonyl (C=O) groups excluding carboxylic acids is 1. The van der Waals surface area contributed by atoms with E-state index in [2.05, 4.69) is 52.2 Å². The second kappa shape index (κ2) is 8.72. The maximum Gasteiger partial charge on any atom is 0.254 e. The van der Waals surface area contributed by atoms with Crippen LogP contribution in [-0.4, -0.2) is 58.1 Å². The number of carbonyl (C=O) groups is 1. The molecule has 0 saturated carbocycles. The lowest BCUT2D eigenvalue weighted by molar-refractivity contribution is -0.0495. The van der Waals surface area contributed by atoms with E-state index in [0.717, 1.165) is 47.2 Å². The fourth-order valence-electron chi connectivity index (χ4n) is 5.45. The standard InChI is InChI=1S/C30H28N4O/c1-33-18-8-7-17-30(33)20-34(21-30)29(35)24-14-16-28-26(19-24)27(31-32-28)15-13-23-11-5-6-12-25(23)22-9-3-2-4-10-22/h2-6,9-12,14,16,19H,7-8,17-18,20-21H2,1H3,(H,31,32). The first kappa shape index (κ1) is 21.6. The Labute approximate surface area is 205 Å². The van der Waals surface area contributed by atoms with E-state index in [1.807, 2.05) is 59.5 Å². The first-order valence-electron chi connectivity index (χ1n) is 12.3. The third kappa shape index (κ3) is 3.90. The highest BCUT2D eigenvalue weighted by Gasteiger charge is 2.48. The van der Waals surface area contributed by atoms with E-state index < -0.39 is 0 Å². The zero-order valence-corrected chi connectivity index (χ0v) is 19.9. The van der Waals surface area contributed by atoms with Crippen LogP contribution < -0.4 is 0 Å². The van der Waals surface area contributed by atoms with Crippen molar-refractivity contribution in [3.8, 4) is 23.0 Å². The zero-order chi connectivity index (χ0) is 23.8. The predicted molar refractivity (Wildman–Crippen MR) is 139 cm³/mol. The normalized spacial score (nSPS) is 17.1. The number of nitrogens with zero attached hydrogens (tertiary/aromatic N) is 3. The molecule has 6 rings (SSSR count). The van der Waals surface area contributed by atoms with Gasteiger partial charge in [-0.2, -0.15) is 5.10 Å². The molecule has 3 aromatic carbocycles. The summed E-state index contributed by atoms with van der Waals surface area (Å²) in [6.07, 6.45) is 3.68. The molecule has 4 aromatic rings. The van der Waals surface area contributed by atoms with E-state index in [1.54, 1.807) is 0 Å². The predicted octanol–water partition coefficient (Wildman–Crippen LogP) is 4.94. The van der Waals surface area contributed by atoms with Crippen LogP contribution >= 0.6 is 0 Å². The van der Waals surface area contributed by atoms with Gasteiger partial charge < -0.3 is 4.90 Å². The third-order valence-corrected chi connectivity index (χ3v) is 7.59. The minimum absolute atomic E-state index is 0.0889. The Morgan fingerprint density at radius 3 is 2.60 bits per heavy atom. The highest BCUT2D eigenvalue weighted by molar-refractivity contribution is 5.99. The molecule has 5 heteroatoms. The van der Waals surface area contributed by atoms with Crippen LogP contribution in [0.1, 0.15) is 40.9 Å². The highest BCUT2D eigenvalue weighted by Crippen LogP contribution is 2.36. The third-order valence-electron chi connectivity index (χ3n) is 7.59. The number of hydrogen-bond donors (Lipinski definition) is 1. The van der Waals surface area contributed by atoms with Crippen LogP contribution in [0, 0.1) is 11.8 Å². The second-order valence-electron chi connectivity index (χ2n) is 9.76. The van der Waals surface area contributed by atoms with Gasteiger partial charge in [-0.25, -0.2) is 0 Å². The second-order valence-corrected chi connectivity index (χ2v) is 9.76. The molecule has 1 spiro atoms. The zero-order valence-electron chi connectivity index (χ0n) is 19.9. The summed E-state index contributed by atoms with van der Waals surface area (Å²) < 4.78 is 0. The quantitative estimate of drug-likeness (QED) is 0.431. The van der Waals surface area contributed by atoms with E-state index in [4.69, 9.17) is 0 Å². The summed E-state index contributed by atoms with van der Waals surface area (Å²) in [5, 5.41) is 8.38. The minimum atomic E-state index is 0.0889. The highest BCUT2D eigenvalue weighted by atomic mass is 16.2. The van der Waals surface area contributed by atoms with Gasteiger partial charge in [0.2, 0.25) is 0 Å². The number of amides is 1. The number of fused-ring (bicyclic) bond motifs is 1. The SMILES string of the molecule is CN1CCCCC12CN(C(=O)c1ccc3[nH]nc(C#Cc4ccccc4-c4ccccc4)c3c1)C2. The number of piperidine rings is 1. The van der Waals surface area contributed by atoms with Crippen LogP contribution in [0.4, 0.5) is 0 Å². The van der Waals surface area contributed by atoms with E-state index in [-0.39, 0.29) is 11.4 Å². The van der Waals surface area contributed by atoms with Gasteiger partial charge in [0.25, 0.3) is 5.91 Å². The Morgan fingerprint density at radius 2 is 1.77 bits per heavy atom.